The highest BCUT2D eigenvalue weighted by atomic mass is 16.1. The third kappa shape index (κ3) is 3.70. The van der Waals surface area contributed by atoms with Gasteiger partial charge in [0.25, 0.3) is 0 Å². The third-order valence-electron chi connectivity index (χ3n) is 3.42. The van der Waals surface area contributed by atoms with Gasteiger partial charge in [0.1, 0.15) is 0 Å². The first-order valence-corrected chi connectivity index (χ1v) is 6.99. The average molecular weight is 278 g/mol. The molecule has 2 aromatic carbocycles. The van der Waals surface area contributed by atoms with Gasteiger partial charge < -0.3 is 4.90 Å². The van der Waals surface area contributed by atoms with Crippen LogP contribution in [0.3, 0.4) is 0 Å². The van der Waals surface area contributed by atoms with E-state index in [0.717, 1.165) is 12.2 Å². The predicted octanol–water partition coefficient (Wildman–Crippen LogP) is 3.58. The molecule has 0 aromatic heterocycles. The van der Waals surface area contributed by atoms with Crippen LogP contribution < -0.4 is 4.90 Å². The maximum Gasteiger partial charge on any atom is 0.182 e. The van der Waals surface area contributed by atoms with Crippen LogP contribution >= 0.6 is 0 Å². The van der Waals surface area contributed by atoms with E-state index >= 15 is 0 Å². The lowest BCUT2D eigenvalue weighted by molar-refractivity contribution is 0.0999. The van der Waals surface area contributed by atoms with Crippen LogP contribution in [0.4, 0.5) is 5.69 Å². The zero-order chi connectivity index (χ0) is 15.2. The summed E-state index contributed by atoms with van der Waals surface area (Å²) in [6, 6.07) is 17.0. The van der Waals surface area contributed by atoms with E-state index in [9.17, 15) is 4.79 Å². The molecule has 0 saturated carbocycles. The first kappa shape index (κ1) is 14.8. The molecule has 0 aliphatic carbocycles. The van der Waals surface area contributed by atoms with Crippen LogP contribution in [0.2, 0.25) is 0 Å². The van der Waals surface area contributed by atoms with Crippen molar-refractivity contribution in [2.45, 2.75) is 13.8 Å². The van der Waals surface area contributed by atoms with Gasteiger partial charge in [-0.05, 0) is 43.7 Å². The Morgan fingerprint density at radius 1 is 1.19 bits per heavy atom. The summed E-state index contributed by atoms with van der Waals surface area (Å²) in [6.45, 7) is 5.19. The molecule has 21 heavy (non-hydrogen) atoms. The van der Waals surface area contributed by atoms with Crippen molar-refractivity contribution >= 4 is 11.5 Å². The lowest BCUT2D eigenvalue weighted by atomic mass is 10.1. The molecule has 0 bridgehead atoms. The number of nitriles is 1. The summed E-state index contributed by atoms with van der Waals surface area (Å²) in [5.41, 5.74) is 3.44. The molecular weight excluding hydrogens is 260 g/mol. The van der Waals surface area contributed by atoms with E-state index in [-0.39, 0.29) is 5.78 Å². The molecule has 0 atom stereocenters. The van der Waals surface area contributed by atoms with Crippen molar-refractivity contribution in [2.75, 3.05) is 18.0 Å². The van der Waals surface area contributed by atoms with Crippen LogP contribution in [0.1, 0.15) is 28.4 Å². The van der Waals surface area contributed by atoms with Gasteiger partial charge in [0.05, 0.1) is 18.2 Å². The number of aryl methyl sites for hydroxylation is 1. The minimum absolute atomic E-state index is 0.0582. The van der Waals surface area contributed by atoms with Crippen molar-refractivity contribution in [3.63, 3.8) is 0 Å². The highest BCUT2D eigenvalue weighted by Crippen LogP contribution is 2.16. The second kappa shape index (κ2) is 6.71. The standard InChI is InChI=1S/C18H18N2O/c1-3-20(17-6-4-5-14(2)11-17)13-18(21)16-9-7-15(12-19)8-10-16/h4-11H,3,13H2,1-2H3. The Bertz CT molecular complexity index is 668. The van der Waals surface area contributed by atoms with E-state index in [1.165, 1.54) is 5.56 Å². The van der Waals surface area contributed by atoms with Crippen molar-refractivity contribution in [2.24, 2.45) is 0 Å². The van der Waals surface area contributed by atoms with Gasteiger partial charge in [0.15, 0.2) is 5.78 Å². The second-order valence-electron chi connectivity index (χ2n) is 4.97. The number of benzene rings is 2. The molecule has 106 valence electrons. The van der Waals surface area contributed by atoms with Crippen LogP contribution in [-0.2, 0) is 0 Å². The molecular formula is C18H18N2O. The van der Waals surface area contributed by atoms with Crippen molar-refractivity contribution in [1.82, 2.24) is 0 Å². The molecule has 0 aliphatic heterocycles. The summed E-state index contributed by atoms with van der Waals surface area (Å²) in [5, 5.41) is 8.78. The highest BCUT2D eigenvalue weighted by molar-refractivity contribution is 5.99. The van der Waals surface area contributed by atoms with Crippen LogP contribution in [-0.4, -0.2) is 18.9 Å². The van der Waals surface area contributed by atoms with Crippen molar-refractivity contribution < 1.29 is 4.79 Å². The van der Waals surface area contributed by atoms with Gasteiger partial charge in [-0.15, -0.1) is 0 Å². The lowest BCUT2D eigenvalue weighted by Crippen LogP contribution is -2.29. The quantitative estimate of drug-likeness (QED) is 0.785. The number of anilines is 1. The van der Waals surface area contributed by atoms with E-state index in [2.05, 4.69) is 12.1 Å². The van der Waals surface area contributed by atoms with Gasteiger partial charge in [0.2, 0.25) is 0 Å². The number of ketones is 1. The monoisotopic (exact) mass is 278 g/mol. The number of carbonyl (C=O) groups excluding carboxylic acids is 1. The Hall–Kier alpha value is -2.60. The van der Waals surface area contributed by atoms with Gasteiger partial charge in [-0.1, -0.05) is 24.3 Å². The Morgan fingerprint density at radius 3 is 2.48 bits per heavy atom. The zero-order valence-corrected chi connectivity index (χ0v) is 12.3. The molecule has 0 N–H and O–H groups in total. The third-order valence-corrected chi connectivity index (χ3v) is 3.42. The fourth-order valence-electron chi connectivity index (χ4n) is 2.21. The Morgan fingerprint density at radius 2 is 1.90 bits per heavy atom. The lowest BCUT2D eigenvalue weighted by Gasteiger charge is -2.22. The normalized spacial score (nSPS) is 9.95. The molecule has 0 amide bonds. The number of carbonyl (C=O) groups is 1. The summed E-state index contributed by atoms with van der Waals surface area (Å²) in [7, 11) is 0. The van der Waals surface area contributed by atoms with E-state index in [1.54, 1.807) is 24.3 Å². The van der Waals surface area contributed by atoms with Crippen molar-refractivity contribution in [3.05, 3.63) is 65.2 Å². The Balaban J connectivity index is 2.14. The number of rotatable bonds is 5. The largest absolute Gasteiger partial charge is 0.364 e. The highest BCUT2D eigenvalue weighted by Gasteiger charge is 2.12. The zero-order valence-electron chi connectivity index (χ0n) is 12.3. The molecule has 0 heterocycles. The first-order valence-electron chi connectivity index (χ1n) is 6.99. The van der Waals surface area contributed by atoms with Crippen molar-refractivity contribution in [3.8, 4) is 6.07 Å². The minimum Gasteiger partial charge on any atom is -0.364 e. The molecule has 0 unspecified atom stereocenters. The number of nitrogens with zero attached hydrogens (tertiary/aromatic N) is 2. The van der Waals surface area contributed by atoms with Gasteiger partial charge in [-0.3, -0.25) is 4.79 Å². The summed E-state index contributed by atoms with van der Waals surface area (Å²) in [5.74, 6) is 0.0582. The van der Waals surface area contributed by atoms with E-state index < -0.39 is 0 Å². The van der Waals surface area contributed by atoms with Gasteiger partial charge in [-0.25, -0.2) is 0 Å². The topological polar surface area (TPSA) is 44.1 Å². The van der Waals surface area contributed by atoms with Gasteiger partial charge >= 0.3 is 0 Å². The minimum atomic E-state index is 0.0582. The number of Topliss-reactive ketones (excluding diaryl/α,β-unsaturated/α-hetero) is 1. The van der Waals surface area contributed by atoms with Crippen LogP contribution in [0.15, 0.2) is 48.5 Å². The molecule has 3 heteroatoms. The maximum absolute atomic E-state index is 12.3. The fourth-order valence-corrected chi connectivity index (χ4v) is 2.21. The molecule has 2 aromatic rings. The molecule has 0 saturated heterocycles. The molecule has 0 aliphatic rings. The second-order valence-corrected chi connectivity index (χ2v) is 4.97. The molecule has 0 spiro atoms. The summed E-state index contributed by atoms with van der Waals surface area (Å²) in [4.78, 5) is 14.4. The summed E-state index contributed by atoms with van der Waals surface area (Å²) < 4.78 is 0. The first-order chi connectivity index (χ1) is 10.1. The SMILES string of the molecule is CCN(CC(=O)c1ccc(C#N)cc1)c1cccc(C)c1. The molecule has 2 rings (SSSR count). The number of likely N-dealkylation sites (N-methyl/N-ethyl adjacent to an activating group) is 1. The average Bonchev–Trinajstić information content (AvgIpc) is 2.52. The predicted molar refractivity (Wildman–Crippen MR) is 84.6 cm³/mol. The van der Waals surface area contributed by atoms with E-state index in [4.69, 9.17) is 5.26 Å². The smallest absolute Gasteiger partial charge is 0.182 e. The van der Waals surface area contributed by atoms with E-state index in [1.807, 2.05) is 36.9 Å². The molecule has 0 radical (unpaired) electrons. The maximum atomic E-state index is 12.3. The van der Waals surface area contributed by atoms with Crippen LogP contribution in [0, 0.1) is 18.3 Å². The molecule has 3 nitrogen and oxygen atoms in total. The fraction of sp³-hybridized carbons (Fsp3) is 0.222. The Labute approximate surface area is 125 Å². The van der Waals surface area contributed by atoms with Gasteiger partial charge in [0, 0.05) is 17.8 Å². The number of hydrogen-bond acceptors (Lipinski definition) is 3. The van der Waals surface area contributed by atoms with Crippen molar-refractivity contribution in [1.29, 1.82) is 5.26 Å². The summed E-state index contributed by atoms with van der Waals surface area (Å²) >= 11 is 0. The van der Waals surface area contributed by atoms with E-state index in [0.29, 0.717) is 17.7 Å². The molecule has 0 fully saturated rings. The Kier molecular flexibility index (Phi) is 4.73. The summed E-state index contributed by atoms with van der Waals surface area (Å²) in [6.07, 6.45) is 0. The van der Waals surface area contributed by atoms with Crippen LogP contribution in [0.5, 0.6) is 0 Å². The van der Waals surface area contributed by atoms with Crippen LogP contribution in [0.25, 0.3) is 0 Å². The van der Waals surface area contributed by atoms with Gasteiger partial charge in [-0.2, -0.15) is 5.26 Å². The number of hydrogen-bond donors (Lipinski definition) is 0.